The zero-order valence-corrected chi connectivity index (χ0v) is 12.7. The van der Waals surface area contributed by atoms with Crippen molar-refractivity contribution >= 4 is 0 Å². The van der Waals surface area contributed by atoms with Crippen LogP contribution in [0.3, 0.4) is 0 Å². The van der Waals surface area contributed by atoms with Crippen molar-refractivity contribution in [1.82, 2.24) is 19.7 Å². The fourth-order valence-corrected chi connectivity index (χ4v) is 2.65. The minimum atomic E-state index is -0.335. The standard InChI is InChI=1S/C15H19FN4O2/c1-19-10-17-18-15(19)14-9-20(5-6-22-14)8-11-3-4-13(21-2)12(16)7-11/h3-4,7,10,14H,5-6,8-9H2,1-2H3/t14-/m1/s1. The fraction of sp³-hybridized carbons (Fsp3) is 0.467. The predicted molar refractivity (Wildman–Crippen MR) is 77.9 cm³/mol. The summed E-state index contributed by atoms with van der Waals surface area (Å²) in [5, 5.41) is 7.99. The molecule has 0 radical (unpaired) electrons. The number of nitrogens with zero attached hydrogens (tertiary/aromatic N) is 4. The van der Waals surface area contributed by atoms with Crippen molar-refractivity contribution in [2.75, 3.05) is 26.8 Å². The predicted octanol–water partition coefficient (Wildman–Crippen LogP) is 1.54. The van der Waals surface area contributed by atoms with E-state index in [0.29, 0.717) is 19.7 Å². The van der Waals surface area contributed by atoms with Crippen molar-refractivity contribution in [3.05, 3.63) is 41.7 Å². The summed E-state index contributed by atoms with van der Waals surface area (Å²) in [6.45, 7) is 2.80. The Bertz CT molecular complexity index is 646. The first kappa shape index (κ1) is 14.9. The van der Waals surface area contributed by atoms with Crippen LogP contribution in [-0.2, 0) is 18.3 Å². The van der Waals surface area contributed by atoms with Crippen LogP contribution in [0, 0.1) is 5.82 Å². The van der Waals surface area contributed by atoms with E-state index in [1.54, 1.807) is 12.4 Å². The summed E-state index contributed by atoms with van der Waals surface area (Å²) in [5.74, 6) is 0.742. The highest BCUT2D eigenvalue weighted by atomic mass is 19.1. The summed E-state index contributed by atoms with van der Waals surface area (Å²) in [4.78, 5) is 2.23. The number of morpholine rings is 1. The summed E-state index contributed by atoms with van der Waals surface area (Å²) in [6, 6.07) is 5.06. The minimum Gasteiger partial charge on any atom is -0.494 e. The maximum absolute atomic E-state index is 13.8. The van der Waals surface area contributed by atoms with E-state index in [4.69, 9.17) is 9.47 Å². The highest BCUT2D eigenvalue weighted by Crippen LogP contribution is 2.23. The largest absolute Gasteiger partial charge is 0.494 e. The zero-order chi connectivity index (χ0) is 15.5. The number of benzene rings is 1. The van der Waals surface area contributed by atoms with Gasteiger partial charge in [-0.3, -0.25) is 4.90 Å². The number of ether oxygens (including phenoxy) is 2. The second-order valence-corrected chi connectivity index (χ2v) is 5.36. The van der Waals surface area contributed by atoms with Crippen LogP contribution in [-0.4, -0.2) is 46.5 Å². The monoisotopic (exact) mass is 306 g/mol. The van der Waals surface area contributed by atoms with Crippen LogP contribution in [0.2, 0.25) is 0 Å². The van der Waals surface area contributed by atoms with Gasteiger partial charge in [0.05, 0.1) is 13.7 Å². The van der Waals surface area contributed by atoms with Gasteiger partial charge in [-0.1, -0.05) is 6.07 Å². The highest BCUT2D eigenvalue weighted by molar-refractivity contribution is 5.29. The first-order chi connectivity index (χ1) is 10.7. The Hall–Kier alpha value is -1.99. The first-order valence-electron chi connectivity index (χ1n) is 7.17. The fourth-order valence-electron chi connectivity index (χ4n) is 2.65. The van der Waals surface area contributed by atoms with Crippen LogP contribution in [0.1, 0.15) is 17.5 Å². The molecule has 1 aromatic carbocycles. The second kappa shape index (κ2) is 6.41. The topological polar surface area (TPSA) is 52.4 Å². The lowest BCUT2D eigenvalue weighted by molar-refractivity contribution is -0.0385. The van der Waals surface area contributed by atoms with Crippen molar-refractivity contribution in [3.8, 4) is 5.75 Å². The Morgan fingerprint density at radius 3 is 3.00 bits per heavy atom. The molecule has 1 atom stereocenters. The molecule has 1 aliphatic rings. The molecule has 0 N–H and O–H groups in total. The van der Waals surface area contributed by atoms with E-state index in [1.165, 1.54) is 13.2 Å². The first-order valence-corrected chi connectivity index (χ1v) is 7.17. The Morgan fingerprint density at radius 1 is 1.45 bits per heavy atom. The lowest BCUT2D eigenvalue weighted by Crippen LogP contribution is -2.38. The van der Waals surface area contributed by atoms with Crippen molar-refractivity contribution in [2.45, 2.75) is 12.6 Å². The van der Waals surface area contributed by atoms with Gasteiger partial charge >= 0.3 is 0 Å². The van der Waals surface area contributed by atoms with E-state index in [0.717, 1.165) is 17.9 Å². The van der Waals surface area contributed by atoms with Gasteiger partial charge in [-0.25, -0.2) is 4.39 Å². The van der Waals surface area contributed by atoms with Crippen LogP contribution < -0.4 is 4.74 Å². The molecule has 1 saturated heterocycles. The number of aromatic nitrogens is 3. The van der Waals surface area contributed by atoms with E-state index < -0.39 is 0 Å². The van der Waals surface area contributed by atoms with Crippen LogP contribution in [0.4, 0.5) is 4.39 Å². The number of hydrogen-bond donors (Lipinski definition) is 0. The van der Waals surface area contributed by atoms with E-state index >= 15 is 0 Å². The van der Waals surface area contributed by atoms with E-state index in [9.17, 15) is 4.39 Å². The highest BCUT2D eigenvalue weighted by Gasteiger charge is 2.25. The van der Waals surface area contributed by atoms with Crippen molar-refractivity contribution in [2.24, 2.45) is 7.05 Å². The van der Waals surface area contributed by atoms with Crippen LogP contribution in [0.15, 0.2) is 24.5 Å². The molecule has 1 aliphatic heterocycles. The molecule has 1 aromatic heterocycles. The lowest BCUT2D eigenvalue weighted by atomic mass is 10.1. The average Bonchev–Trinajstić information content (AvgIpc) is 2.94. The Kier molecular flexibility index (Phi) is 4.35. The maximum atomic E-state index is 13.8. The molecule has 0 spiro atoms. The molecule has 0 amide bonds. The summed E-state index contributed by atoms with van der Waals surface area (Å²) in [6.07, 6.45) is 1.56. The minimum absolute atomic E-state index is 0.107. The molecule has 7 heteroatoms. The maximum Gasteiger partial charge on any atom is 0.165 e. The normalized spacial score (nSPS) is 19.3. The molecule has 3 rings (SSSR count). The molecule has 2 heterocycles. The molecule has 0 bridgehead atoms. The molecule has 0 unspecified atom stereocenters. The van der Waals surface area contributed by atoms with Crippen molar-refractivity contribution in [3.63, 3.8) is 0 Å². The lowest BCUT2D eigenvalue weighted by Gasteiger charge is -2.32. The quantitative estimate of drug-likeness (QED) is 0.857. The Morgan fingerprint density at radius 2 is 2.32 bits per heavy atom. The third kappa shape index (κ3) is 3.10. The van der Waals surface area contributed by atoms with E-state index in [2.05, 4.69) is 15.1 Å². The summed E-state index contributed by atoms with van der Waals surface area (Å²) in [7, 11) is 3.36. The number of halogens is 1. The van der Waals surface area contributed by atoms with Crippen molar-refractivity contribution in [1.29, 1.82) is 0 Å². The molecule has 0 saturated carbocycles. The third-order valence-corrected chi connectivity index (χ3v) is 3.81. The summed E-state index contributed by atoms with van der Waals surface area (Å²) < 4.78 is 26.3. The molecule has 22 heavy (non-hydrogen) atoms. The molecule has 0 aliphatic carbocycles. The van der Waals surface area contributed by atoms with E-state index in [1.807, 2.05) is 17.7 Å². The van der Waals surface area contributed by atoms with Gasteiger partial charge in [-0.15, -0.1) is 10.2 Å². The smallest absolute Gasteiger partial charge is 0.165 e. The number of methoxy groups -OCH3 is 1. The van der Waals surface area contributed by atoms with Gasteiger partial charge in [0.25, 0.3) is 0 Å². The van der Waals surface area contributed by atoms with Gasteiger partial charge < -0.3 is 14.0 Å². The van der Waals surface area contributed by atoms with Gasteiger partial charge in [0, 0.05) is 26.7 Å². The van der Waals surface area contributed by atoms with Gasteiger partial charge in [0.15, 0.2) is 17.4 Å². The Labute approximate surface area is 128 Å². The van der Waals surface area contributed by atoms with Gasteiger partial charge in [-0.2, -0.15) is 0 Å². The third-order valence-electron chi connectivity index (χ3n) is 3.81. The number of aryl methyl sites for hydroxylation is 1. The van der Waals surface area contributed by atoms with Crippen molar-refractivity contribution < 1.29 is 13.9 Å². The molecule has 118 valence electrons. The molecule has 2 aromatic rings. The van der Waals surface area contributed by atoms with E-state index in [-0.39, 0.29) is 17.7 Å². The van der Waals surface area contributed by atoms with Gasteiger partial charge in [0.1, 0.15) is 12.4 Å². The molecule has 1 fully saturated rings. The number of rotatable bonds is 4. The summed E-state index contributed by atoms with van der Waals surface area (Å²) in [5.41, 5.74) is 0.914. The SMILES string of the molecule is COc1ccc(CN2CCO[C@@H](c3nncn3C)C2)cc1F. The van der Waals surface area contributed by atoms with Gasteiger partial charge in [-0.05, 0) is 17.7 Å². The number of hydrogen-bond acceptors (Lipinski definition) is 5. The van der Waals surface area contributed by atoms with Crippen LogP contribution >= 0.6 is 0 Å². The molecule has 6 nitrogen and oxygen atoms in total. The van der Waals surface area contributed by atoms with Gasteiger partial charge in [0.2, 0.25) is 0 Å². The Balaban J connectivity index is 1.68. The van der Waals surface area contributed by atoms with Crippen LogP contribution in [0.25, 0.3) is 0 Å². The zero-order valence-electron chi connectivity index (χ0n) is 12.7. The van der Waals surface area contributed by atoms with Crippen LogP contribution in [0.5, 0.6) is 5.75 Å². The molecular formula is C15H19FN4O2. The molecular weight excluding hydrogens is 287 g/mol. The average molecular weight is 306 g/mol. The second-order valence-electron chi connectivity index (χ2n) is 5.36. The summed E-state index contributed by atoms with van der Waals surface area (Å²) >= 11 is 0.